The zero-order chi connectivity index (χ0) is 41.0. The zero-order valence-electron chi connectivity index (χ0n) is 34.0. The molecule has 62 heavy (non-hydrogen) atoms. The molecular formula is C58H42N4. The molecule has 0 spiro atoms. The molecule has 2 atom stereocenters. The van der Waals surface area contributed by atoms with Crippen molar-refractivity contribution in [3.63, 3.8) is 0 Å². The van der Waals surface area contributed by atoms with Gasteiger partial charge in [0.05, 0.1) is 16.4 Å². The summed E-state index contributed by atoms with van der Waals surface area (Å²) in [5.74, 6) is 0.851. The molecule has 2 aliphatic rings. The summed E-state index contributed by atoms with van der Waals surface area (Å²) in [6.45, 7) is 0. The van der Waals surface area contributed by atoms with Gasteiger partial charge in [-0.1, -0.05) is 200 Å². The predicted octanol–water partition coefficient (Wildman–Crippen LogP) is 13.2. The summed E-state index contributed by atoms with van der Waals surface area (Å²) in [5, 5.41) is 9.97. The molecule has 0 saturated heterocycles. The van der Waals surface area contributed by atoms with E-state index in [2.05, 4.69) is 246 Å². The summed E-state index contributed by atoms with van der Waals surface area (Å²) in [6.07, 6.45) is -0.350. The lowest BCUT2D eigenvalue weighted by atomic mass is 9.67. The van der Waals surface area contributed by atoms with Crippen LogP contribution in [0.25, 0.3) is 49.7 Å². The topological polar surface area (TPSA) is 41.4 Å². The molecule has 294 valence electrons. The molecule has 2 unspecified atom stereocenters. The molecule has 0 saturated carbocycles. The van der Waals surface area contributed by atoms with Crippen LogP contribution < -0.4 is 10.6 Å². The number of aromatic nitrogens is 1. The Labute approximate surface area is 361 Å². The Morgan fingerprint density at radius 2 is 1.02 bits per heavy atom. The number of amidine groups is 1. The molecule has 0 bridgehead atoms. The molecule has 2 N–H and O–H groups in total. The molecule has 9 aromatic carbocycles. The molecule has 4 nitrogen and oxygen atoms in total. The van der Waals surface area contributed by atoms with Gasteiger partial charge in [-0.3, -0.25) is 5.32 Å². The largest absolute Gasteiger partial charge is 0.350 e. The lowest BCUT2D eigenvalue weighted by molar-refractivity contribution is 0.409. The predicted molar refractivity (Wildman–Crippen MR) is 255 cm³/mol. The Bertz CT molecular complexity index is 3240. The Hall–Kier alpha value is -7.79. The van der Waals surface area contributed by atoms with Crippen molar-refractivity contribution < 1.29 is 0 Å². The maximum atomic E-state index is 5.33. The summed E-state index contributed by atoms with van der Waals surface area (Å²) in [5.41, 5.74) is 16.2. The average Bonchev–Trinajstić information content (AvgIpc) is 3.84. The van der Waals surface area contributed by atoms with Gasteiger partial charge in [-0.15, -0.1) is 0 Å². The summed E-state index contributed by atoms with van der Waals surface area (Å²) in [6, 6.07) is 83.8. The molecule has 12 rings (SSSR count). The van der Waals surface area contributed by atoms with Crippen LogP contribution in [0.4, 0.5) is 0 Å². The first kappa shape index (κ1) is 36.1. The number of nitrogens with zero attached hydrogens (tertiary/aromatic N) is 2. The number of aliphatic imine (C=N–C) groups is 1. The van der Waals surface area contributed by atoms with Gasteiger partial charge in [0, 0.05) is 22.0 Å². The summed E-state index contributed by atoms with van der Waals surface area (Å²) < 4.78 is 2.47. The van der Waals surface area contributed by atoms with Crippen molar-refractivity contribution in [1.29, 1.82) is 0 Å². The number of rotatable bonds is 7. The van der Waals surface area contributed by atoms with E-state index in [1.807, 2.05) is 0 Å². The second-order valence-corrected chi connectivity index (χ2v) is 16.4. The van der Waals surface area contributed by atoms with E-state index in [9.17, 15) is 0 Å². The fourth-order valence-electron chi connectivity index (χ4n) is 10.2. The van der Waals surface area contributed by atoms with Crippen LogP contribution in [0.3, 0.4) is 0 Å². The third kappa shape index (κ3) is 5.76. The van der Waals surface area contributed by atoms with E-state index >= 15 is 0 Å². The SMILES string of the molecule is c1ccc(-c2ccc3c4cc5c(cc4n(-c4cccc(C6=NC(c7ccccc7)NC(c7ccccc7)N6)c4)c3c2)-c2ccccc2C5(c2ccccc2)c2ccccc2)cc1. The van der Waals surface area contributed by atoms with E-state index in [0.717, 1.165) is 39.2 Å². The average molecular weight is 795 g/mol. The third-order valence-electron chi connectivity index (χ3n) is 12.9. The van der Waals surface area contributed by atoms with Gasteiger partial charge in [0.2, 0.25) is 0 Å². The maximum Gasteiger partial charge on any atom is 0.131 e. The second kappa shape index (κ2) is 14.7. The van der Waals surface area contributed by atoms with E-state index in [0.29, 0.717) is 0 Å². The highest BCUT2D eigenvalue weighted by Crippen LogP contribution is 2.57. The van der Waals surface area contributed by atoms with Gasteiger partial charge in [0.15, 0.2) is 0 Å². The fourth-order valence-corrected chi connectivity index (χ4v) is 10.2. The Balaban J connectivity index is 1.11. The molecule has 1 aromatic heterocycles. The molecule has 1 aliphatic carbocycles. The zero-order valence-corrected chi connectivity index (χ0v) is 34.0. The van der Waals surface area contributed by atoms with Crippen molar-refractivity contribution in [3.05, 3.63) is 269 Å². The molecule has 1 aliphatic heterocycles. The first-order valence-electron chi connectivity index (χ1n) is 21.4. The van der Waals surface area contributed by atoms with Gasteiger partial charge in [-0.2, -0.15) is 0 Å². The molecule has 4 heteroatoms. The Morgan fingerprint density at radius 1 is 0.419 bits per heavy atom. The quantitative estimate of drug-likeness (QED) is 0.169. The first-order valence-corrected chi connectivity index (χ1v) is 21.4. The summed E-state index contributed by atoms with van der Waals surface area (Å²) in [4.78, 5) is 5.33. The summed E-state index contributed by atoms with van der Waals surface area (Å²) in [7, 11) is 0. The van der Waals surface area contributed by atoms with Crippen molar-refractivity contribution in [3.8, 4) is 27.9 Å². The van der Waals surface area contributed by atoms with Crippen LogP contribution in [0.2, 0.25) is 0 Å². The normalized spacial score (nSPS) is 16.4. The van der Waals surface area contributed by atoms with Crippen LogP contribution >= 0.6 is 0 Å². The maximum absolute atomic E-state index is 5.33. The number of benzene rings is 9. The fraction of sp³-hybridized carbons (Fsp3) is 0.0517. The number of hydrogen-bond donors (Lipinski definition) is 2. The van der Waals surface area contributed by atoms with Crippen LogP contribution in [0.5, 0.6) is 0 Å². The molecule has 10 aromatic rings. The van der Waals surface area contributed by atoms with E-state index < -0.39 is 5.41 Å². The van der Waals surface area contributed by atoms with Gasteiger partial charge < -0.3 is 9.88 Å². The minimum Gasteiger partial charge on any atom is -0.350 e. The summed E-state index contributed by atoms with van der Waals surface area (Å²) >= 11 is 0. The van der Waals surface area contributed by atoms with Crippen molar-refractivity contribution >= 4 is 27.6 Å². The van der Waals surface area contributed by atoms with Gasteiger partial charge in [0.25, 0.3) is 0 Å². The molecular weight excluding hydrogens is 753 g/mol. The van der Waals surface area contributed by atoms with Gasteiger partial charge in [-0.25, -0.2) is 4.99 Å². The van der Waals surface area contributed by atoms with E-state index in [1.165, 1.54) is 55.3 Å². The first-order chi connectivity index (χ1) is 30.7. The minimum absolute atomic E-state index is 0.128. The molecule has 2 heterocycles. The smallest absolute Gasteiger partial charge is 0.131 e. The van der Waals surface area contributed by atoms with E-state index in [4.69, 9.17) is 4.99 Å². The molecule has 0 amide bonds. The second-order valence-electron chi connectivity index (χ2n) is 16.4. The molecule has 0 radical (unpaired) electrons. The van der Waals surface area contributed by atoms with Crippen molar-refractivity contribution in [2.45, 2.75) is 17.7 Å². The third-order valence-corrected chi connectivity index (χ3v) is 12.9. The van der Waals surface area contributed by atoms with E-state index in [-0.39, 0.29) is 12.3 Å². The number of fused-ring (bicyclic) bond motifs is 6. The standard InChI is InChI=1S/C58H42N4/c1-6-19-39(20-7-1)42-33-34-48-50-37-52-49(47-31-16-17-32-51(47)58(52,44-26-12-4-13-27-44)45-28-14-5-15-29-45)38-54(50)62(53(48)36-42)46-30-18-25-43(35-46)57-60-55(40-21-8-2-9-22-40)59-56(61-57)41-23-10-3-11-24-41/h1-38,55-56,59H,(H,60,61). The van der Waals surface area contributed by atoms with Gasteiger partial charge in [0.1, 0.15) is 18.2 Å². The minimum atomic E-state index is -0.496. The van der Waals surface area contributed by atoms with Crippen LogP contribution in [-0.2, 0) is 5.41 Å². The van der Waals surface area contributed by atoms with Gasteiger partial charge in [-0.05, 0) is 86.0 Å². The van der Waals surface area contributed by atoms with Crippen molar-refractivity contribution in [2.24, 2.45) is 4.99 Å². The number of nitrogens with one attached hydrogen (secondary N) is 2. The Morgan fingerprint density at radius 3 is 1.73 bits per heavy atom. The van der Waals surface area contributed by atoms with Crippen molar-refractivity contribution in [2.75, 3.05) is 0 Å². The van der Waals surface area contributed by atoms with Crippen LogP contribution in [0.15, 0.2) is 236 Å². The lowest BCUT2D eigenvalue weighted by Gasteiger charge is -2.34. The van der Waals surface area contributed by atoms with Crippen LogP contribution in [0.1, 0.15) is 51.3 Å². The van der Waals surface area contributed by atoms with E-state index in [1.54, 1.807) is 0 Å². The van der Waals surface area contributed by atoms with Gasteiger partial charge >= 0.3 is 0 Å². The van der Waals surface area contributed by atoms with Crippen LogP contribution in [-0.4, -0.2) is 10.4 Å². The molecule has 0 fully saturated rings. The van der Waals surface area contributed by atoms with Crippen LogP contribution in [0, 0.1) is 0 Å². The highest BCUT2D eigenvalue weighted by molar-refractivity contribution is 6.13. The lowest BCUT2D eigenvalue weighted by Crippen LogP contribution is -2.44. The number of hydrogen-bond acceptors (Lipinski definition) is 3. The highest BCUT2D eigenvalue weighted by atomic mass is 15.3. The van der Waals surface area contributed by atoms with Crippen molar-refractivity contribution in [1.82, 2.24) is 15.2 Å². The Kier molecular flexibility index (Phi) is 8.58. The monoisotopic (exact) mass is 794 g/mol. The highest BCUT2D eigenvalue weighted by Gasteiger charge is 2.46.